The summed E-state index contributed by atoms with van der Waals surface area (Å²) in [5.74, 6) is 0.140. The maximum atomic E-state index is 10.6. The Morgan fingerprint density at radius 2 is 1.95 bits per heavy atom. The number of aliphatic carboxylic acids is 1. The van der Waals surface area contributed by atoms with Crippen molar-refractivity contribution in [3.05, 3.63) is 28.8 Å². The van der Waals surface area contributed by atoms with Crippen LogP contribution in [0.5, 0.6) is 5.75 Å². The van der Waals surface area contributed by atoms with Gasteiger partial charge in [-0.15, -0.1) is 0 Å². The van der Waals surface area contributed by atoms with Crippen LogP contribution in [0.4, 0.5) is 0 Å². The first-order chi connectivity index (χ1) is 8.75. The van der Waals surface area contributed by atoms with Crippen molar-refractivity contribution in [3.8, 4) is 5.75 Å². The molecule has 0 atom stereocenters. The van der Waals surface area contributed by atoms with E-state index < -0.39 is 5.97 Å². The molecule has 0 aliphatic rings. The van der Waals surface area contributed by atoms with E-state index in [0.717, 1.165) is 23.3 Å². The second-order valence-corrected chi connectivity index (χ2v) is 5.98. The Kier molecular flexibility index (Phi) is 4.98. The van der Waals surface area contributed by atoms with E-state index in [2.05, 4.69) is 32.9 Å². The molecule has 1 rings (SSSR count). The number of hydrogen-bond acceptors (Lipinski definition) is 2. The molecule has 19 heavy (non-hydrogen) atoms. The SMILES string of the molecule is COc1c(C)cc(C(C)(C)C)cc1CCCC(=O)O. The maximum Gasteiger partial charge on any atom is 0.303 e. The maximum absolute atomic E-state index is 10.6. The van der Waals surface area contributed by atoms with Gasteiger partial charge in [0.2, 0.25) is 0 Å². The van der Waals surface area contributed by atoms with E-state index >= 15 is 0 Å². The molecule has 0 spiro atoms. The van der Waals surface area contributed by atoms with Crippen molar-refractivity contribution in [2.75, 3.05) is 7.11 Å². The highest BCUT2D eigenvalue weighted by molar-refractivity contribution is 5.66. The zero-order valence-corrected chi connectivity index (χ0v) is 12.5. The lowest BCUT2D eigenvalue weighted by atomic mass is 9.84. The number of carbonyl (C=O) groups is 1. The van der Waals surface area contributed by atoms with Crippen LogP contribution in [0.25, 0.3) is 0 Å². The molecule has 1 N–H and O–H groups in total. The lowest BCUT2D eigenvalue weighted by molar-refractivity contribution is -0.137. The van der Waals surface area contributed by atoms with Gasteiger partial charge in [-0.3, -0.25) is 4.79 Å². The molecular weight excluding hydrogens is 240 g/mol. The summed E-state index contributed by atoms with van der Waals surface area (Å²) in [6, 6.07) is 4.30. The largest absolute Gasteiger partial charge is 0.496 e. The predicted molar refractivity (Wildman–Crippen MR) is 77.0 cm³/mol. The molecule has 0 radical (unpaired) electrons. The third-order valence-corrected chi connectivity index (χ3v) is 3.26. The van der Waals surface area contributed by atoms with Gasteiger partial charge in [-0.1, -0.05) is 32.9 Å². The fourth-order valence-electron chi connectivity index (χ4n) is 2.19. The summed E-state index contributed by atoms with van der Waals surface area (Å²) < 4.78 is 5.45. The van der Waals surface area contributed by atoms with Crippen molar-refractivity contribution in [1.29, 1.82) is 0 Å². The Hall–Kier alpha value is -1.51. The van der Waals surface area contributed by atoms with Gasteiger partial charge in [0.15, 0.2) is 0 Å². The van der Waals surface area contributed by atoms with Gasteiger partial charge in [0.25, 0.3) is 0 Å². The minimum absolute atomic E-state index is 0.0819. The van der Waals surface area contributed by atoms with Crippen LogP contribution in [-0.2, 0) is 16.6 Å². The Labute approximate surface area is 115 Å². The van der Waals surface area contributed by atoms with Gasteiger partial charge in [0.1, 0.15) is 5.75 Å². The fourth-order valence-corrected chi connectivity index (χ4v) is 2.19. The van der Waals surface area contributed by atoms with Crippen LogP contribution < -0.4 is 4.74 Å². The number of hydrogen-bond donors (Lipinski definition) is 1. The van der Waals surface area contributed by atoms with Crippen LogP contribution in [0, 0.1) is 6.92 Å². The number of carboxylic acid groups (broad SMARTS) is 1. The standard InChI is InChI=1S/C16H24O3/c1-11-9-13(16(2,3)4)10-12(15(11)19-5)7-6-8-14(17)18/h9-10H,6-8H2,1-5H3,(H,17,18). The van der Waals surface area contributed by atoms with E-state index in [1.54, 1.807) is 7.11 Å². The minimum Gasteiger partial charge on any atom is -0.496 e. The Balaban J connectivity index is 3.05. The lowest BCUT2D eigenvalue weighted by Gasteiger charge is -2.22. The van der Waals surface area contributed by atoms with Crippen LogP contribution in [0.2, 0.25) is 0 Å². The number of ether oxygens (including phenoxy) is 1. The fraction of sp³-hybridized carbons (Fsp3) is 0.562. The molecule has 0 aliphatic heterocycles. The van der Waals surface area contributed by atoms with Crippen molar-refractivity contribution in [3.63, 3.8) is 0 Å². The highest BCUT2D eigenvalue weighted by atomic mass is 16.5. The zero-order valence-electron chi connectivity index (χ0n) is 12.5. The van der Waals surface area contributed by atoms with E-state index in [1.165, 1.54) is 5.56 Å². The third kappa shape index (κ3) is 4.27. The van der Waals surface area contributed by atoms with E-state index in [9.17, 15) is 4.79 Å². The van der Waals surface area contributed by atoms with Crippen LogP contribution in [0.1, 0.15) is 50.3 Å². The second kappa shape index (κ2) is 6.09. The minimum atomic E-state index is -0.748. The van der Waals surface area contributed by atoms with Gasteiger partial charge in [-0.05, 0) is 41.9 Å². The molecule has 0 saturated heterocycles. The molecule has 106 valence electrons. The highest BCUT2D eigenvalue weighted by Gasteiger charge is 2.18. The quantitative estimate of drug-likeness (QED) is 0.882. The summed E-state index contributed by atoms with van der Waals surface area (Å²) in [6.07, 6.45) is 1.57. The van der Waals surface area contributed by atoms with Crippen molar-refractivity contribution >= 4 is 5.97 Å². The van der Waals surface area contributed by atoms with Gasteiger partial charge in [-0.2, -0.15) is 0 Å². The molecule has 3 heteroatoms. The third-order valence-electron chi connectivity index (χ3n) is 3.26. The first-order valence-corrected chi connectivity index (χ1v) is 6.65. The molecule has 3 nitrogen and oxygen atoms in total. The smallest absolute Gasteiger partial charge is 0.303 e. The molecule has 0 saturated carbocycles. The molecule has 0 aliphatic carbocycles. The summed E-state index contributed by atoms with van der Waals surface area (Å²) in [7, 11) is 1.67. The van der Waals surface area contributed by atoms with Gasteiger partial charge in [0.05, 0.1) is 7.11 Å². The summed E-state index contributed by atoms with van der Waals surface area (Å²) in [6.45, 7) is 8.56. The summed E-state index contributed by atoms with van der Waals surface area (Å²) >= 11 is 0. The molecular formula is C16H24O3. The van der Waals surface area contributed by atoms with Gasteiger partial charge in [0, 0.05) is 6.42 Å². The van der Waals surface area contributed by atoms with Crippen molar-refractivity contribution in [2.24, 2.45) is 0 Å². The molecule has 1 aromatic rings. The Bertz CT molecular complexity index is 456. The van der Waals surface area contributed by atoms with Gasteiger partial charge < -0.3 is 9.84 Å². The van der Waals surface area contributed by atoms with Crippen molar-refractivity contribution < 1.29 is 14.6 Å². The monoisotopic (exact) mass is 264 g/mol. The number of aryl methyl sites for hydroxylation is 2. The van der Waals surface area contributed by atoms with Crippen LogP contribution in [-0.4, -0.2) is 18.2 Å². The highest BCUT2D eigenvalue weighted by Crippen LogP contribution is 2.32. The molecule has 0 bridgehead atoms. The molecule has 1 aromatic carbocycles. The van der Waals surface area contributed by atoms with E-state index in [1.807, 2.05) is 6.92 Å². The van der Waals surface area contributed by atoms with Crippen LogP contribution >= 0.6 is 0 Å². The first-order valence-electron chi connectivity index (χ1n) is 6.65. The van der Waals surface area contributed by atoms with E-state index in [4.69, 9.17) is 9.84 Å². The number of carboxylic acids is 1. The zero-order chi connectivity index (χ0) is 14.6. The molecule has 0 fully saturated rings. The normalized spacial score (nSPS) is 11.4. The first kappa shape index (κ1) is 15.5. The molecule has 0 heterocycles. The Morgan fingerprint density at radius 1 is 1.32 bits per heavy atom. The summed E-state index contributed by atoms with van der Waals surface area (Å²) in [4.78, 5) is 10.6. The van der Waals surface area contributed by atoms with E-state index in [0.29, 0.717) is 6.42 Å². The summed E-state index contributed by atoms with van der Waals surface area (Å²) in [5.41, 5.74) is 3.56. The van der Waals surface area contributed by atoms with E-state index in [-0.39, 0.29) is 11.8 Å². The van der Waals surface area contributed by atoms with Gasteiger partial charge >= 0.3 is 5.97 Å². The molecule has 0 amide bonds. The van der Waals surface area contributed by atoms with Crippen molar-refractivity contribution in [1.82, 2.24) is 0 Å². The molecule has 0 aromatic heterocycles. The van der Waals surface area contributed by atoms with Crippen molar-refractivity contribution in [2.45, 2.75) is 52.4 Å². The predicted octanol–water partition coefficient (Wildman–Crippen LogP) is 3.71. The summed E-state index contributed by atoms with van der Waals surface area (Å²) in [5, 5.41) is 8.73. The number of methoxy groups -OCH3 is 1. The lowest BCUT2D eigenvalue weighted by Crippen LogP contribution is -2.12. The van der Waals surface area contributed by atoms with Gasteiger partial charge in [-0.25, -0.2) is 0 Å². The average molecular weight is 264 g/mol. The second-order valence-electron chi connectivity index (χ2n) is 5.98. The topological polar surface area (TPSA) is 46.5 Å². The number of rotatable bonds is 5. The Morgan fingerprint density at radius 3 is 2.42 bits per heavy atom. The van der Waals surface area contributed by atoms with Crippen LogP contribution in [0.3, 0.4) is 0 Å². The average Bonchev–Trinajstić information content (AvgIpc) is 2.26. The molecule has 0 unspecified atom stereocenters. The van der Waals surface area contributed by atoms with Crippen LogP contribution in [0.15, 0.2) is 12.1 Å². The number of benzene rings is 1.